The van der Waals surface area contributed by atoms with E-state index in [0.717, 1.165) is 29.9 Å². The third-order valence-electron chi connectivity index (χ3n) is 5.74. The lowest BCUT2D eigenvalue weighted by Gasteiger charge is -2.56. The van der Waals surface area contributed by atoms with Gasteiger partial charge in [0.15, 0.2) is 0 Å². The van der Waals surface area contributed by atoms with Crippen LogP contribution in [0.15, 0.2) is 12.3 Å². The van der Waals surface area contributed by atoms with Gasteiger partial charge in [0, 0.05) is 12.6 Å². The molecule has 1 amide bonds. The lowest BCUT2D eigenvalue weighted by atomic mass is 9.49. The average molecular weight is 273 g/mol. The van der Waals surface area contributed by atoms with Gasteiger partial charge in [0.2, 0.25) is 5.91 Å². The number of aromatic nitrogens is 2. The van der Waals surface area contributed by atoms with Gasteiger partial charge in [-0.25, -0.2) is 0 Å². The number of amides is 1. The summed E-state index contributed by atoms with van der Waals surface area (Å²) in [6.07, 6.45) is 10.7. The highest BCUT2D eigenvalue weighted by Gasteiger charge is 2.51. The summed E-state index contributed by atoms with van der Waals surface area (Å²) in [6.45, 7) is 0.575. The molecule has 4 bridgehead atoms. The first-order valence-corrected chi connectivity index (χ1v) is 7.96. The molecule has 0 radical (unpaired) electrons. The fourth-order valence-electron chi connectivity index (χ4n) is 5.49. The Morgan fingerprint density at radius 2 is 1.90 bits per heavy atom. The van der Waals surface area contributed by atoms with Crippen LogP contribution in [0.5, 0.6) is 0 Å². The molecule has 108 valence electrons. The minimum absolute atomic E-state index is 0.224. The predicted octanol–water partition coefficient (Wildman–Crippen LogP) is 2.63. The highest BCUT2D eigenvalue weighted by molar-refractivity contribution is 5.76. The third kappa shape index (κ3) is 2.25. The smallest absolute Gasteiger partial charge is 0.220 e. The van der Waals surface area contributed by atoms with Gasteiger partial charge in [-0.2, -0.15) is 5.10 Å². The summed E-state index contributed by atoms with van der Waals surface area (Å²) in [5.74, 6) is 2.98. The number of nitrogens with zero attached hydrogens (tertiary/aromatic N) is 1. The van der Waals surface area contributed by atoms with Gasteiger partial charge < -0.3 is 5.32 Å². The molecule has 4 aliphatic carbocycles. The van der Waals surface area contributed by atoms with Crippen LogP contribution in [0.25, 0.3) is 0 Å². The minimum atomic E-state index is 0.224. The monoisotopic (exact) mass is 273 g/mol. The quantitative estimate of drug-likeness (QED) is 0.886. The van der Waals surface area contributed by atoms with Crippen molar-refractivity contribution < 1.29 is 4.79 Å². The van der Waals surface area contributed by atoms with Crippen molar-refractivity contribution in [3.63, 3.8) is 0 Å². The Labute approximate surface area is 119 Å². The van der Waals surface area contributed by atoms with Crippen molar-refractivity contribution in [1.82, 2.24) is 15.5 Å². The molecular formula is C16H23N3O. The summed E-state index contributed by atoms with van der Waals surface area (Å²) in [5, 5.41) is 9.84. The van der Waals surface area contributed by atoms with Crippen LogP contribution in [0.3, 0.4) is 0 Å². The van der Waals surface area contributed by atoms with Crippen LogP contribution in [-0.4, -0.2) is 16.1 Å². The normalized spacial score (nSPS) is 38.1. The number of hydrogen-bond donors (Lipinski definition) is 2. The van der Waals surface area contributed by atoms with E-state index in [2.05, 4.69) is 15.5 Å². The molecule has 0 saturated heterocycles. The molecule has 0 spiro atoms. The molecule has 4 aliphatic rings. The molecule has 1 aromatic rings. The molecule has 4 heteroatoms. The molecule has 0 unspecified atom stereocenters. The maximum atomic E-state index is 12.3. The van der Waals surface area contributed by atoms with Crippen molar-refractivity contribution in [1.29, 1.82) is 0 Å². The number of rotatable bonds is 4. The zero-order valence-corrected chi connectivity index (χ0v) is 11.9. The lowest BCUT2D eigenvalue weighted by Crippen LogP contribution is -2.47. The number of carbonyl (C=O) groups excluding carboxylic acids is 1. The molecule has 2 N–H and O–H groups in total. The van der Waals surface area contributed by atoms with E-state index in [1.807, 2.05) is 6.07 Å². The maximum absolute atomic E-state index is 12.3. The molecular weight excluding hydrogens is 250 g/mol. The highest BCUT2D eigenvalue weighted by Crippen LogP contribution is 2.61. The van der Waals surface area contributed by atoms with Crippen molar-refractivity contribution in [2.24, 2.45) is 23.2 Å². The van der Waals surface area contributed by atoms with Crippen molar-refractivity contribution in [3.8, 4) is 0 Å². The maximum Gasteiger partial charge on any atom is 0.220 e. The van der Waals surface area contributed by atoms with Gasteiger partial charge in [-0.05, 0) is 67.8 Å². The molecule has 4 nitrogen and oxygen atoms in total. The molecule has 0 aliphatic heterocycles. The Morgan fingerprint density at radius 1 is 1.25 bits per heavy atom. The second-order valence-corrected chi connectivity index (χ2v) is 7.45. The average Bonchev–Trinajstić information content (AvgIpc) is 2.87. The standard InChI is InChI=1S/C16H23N3O/c20-15(17-10-14-1-2-18-19-14)9-16-6-11-3-12(7-16)5-13(4-11)8-16/h1-2,11-13H,3-10H2,(H,17,20)(H,18,19). The van der Waals surface area contributed by atoms with E-state index in [1.165, 1.54) is 38.5 Å². The molecule has 1 aromatic heterocycles. The summed E-state index contributed by atoms with van der Waals surface area (Å²) in [6, 6.07) is 1.91. The van der Waals surface area contributed by atoms with Crippen LogP contribution in [0, 0.1) is 23.2 Å². The first-order chi connectivity index (χ1) is 9.71. The van der Waals surface area contributed by atoms with Gasteiger partial charge in [0.05, 0.1) is 12.2 Å². The summed E-state index contributed by atoms with van der Waals surface area (Å²) < 4.78 is 0. The number of H-pyrrole nitrogens is 1. The second kappa shape index (κ2) is 4.61. The van der Waals surface area contributed by atoms with Crippen LogP contribution >= 0.6 is 0 Å². The van der Waals surface area contributed by atoms with E-state index in [4.69, 9.17) is 0 Å². The Balaban J connectivity index is 1.37. The van der Waals surface area contributed by atoms with E-state index in [9.17, 15) is 4.79 Å². The summed E-state index contributed by atoms with van der Waals surface area (Å²) in [4.78, 5) is 12.3. The van der Waals surface area contributed by atoms with Crippen molar-refractivity contribution in [2.75, 3.05) is 0 Å². The van der Waals surface area contributed by atoms with Gasteiger partial charge in [-0.3, -0.25) is 9.89 Å². The Morgan fingerprint density at radius 3 is 2.45 bits per heavy atom. The Kier molecular flexibility index (Phi) is 2.86. The summed E-state index contributed by atoms with van der Waals surface area (Å²) >= 11 is 0. The van der Waals surface area contributed by atoms with E-state index >= 15 is 0 Å². The third-order valence-corrected chi connectivity index (χ3v) is 5.74. The molecule has 5 rings (SSSR count). The second-order valence-electron chi connectivity index (χ2n) is 7.45. The van der Waals surface area contributed by atoms with Gasteiger partial charge in [0.25, 0.3) is 0 Å². The van der Waals surface area contributed by atoms with Gasteiger partial charge >= 0.3 is 0 Å². The number of carbonyl (C=O) groups is 1. The topological polar surface area (TPSA) is 57.8 Å². The number of nitrogens with one attached hydrogen (secondary N) is 2. The van der Waals surface area contributed by atoms with E-state index in [-0.39, 0.29) is 5.91 Å². The number of aromatic amines is 1. The molecule has 1 heterocycles. The lowest BCUT2D eigenvalue weighted by molar-refractivity contribution is -0.129. The van der Waals surface area contributed by atoms with E-state index in [0.29, 0.717) is 12.0 Å². The van der Waals surface area contributed by atoms with Crippen molar-refractivity contribution in [3.05, 3.63) is 18.0 Å². The zero-order chi connectivity index (χ0) is 13.6. The molecule has 0 aromatic carbocycles. The van der Waals surface area contributed by atoms with Gasteiger partial charge in [-0.15, -0.1) is 0 Å². The van der Waals surface area contributed by atoms with Crippen LogP contribution in [0.1, 0.15) is 50.6 Å². The first kappa shape index (κ1) is 12.4. The van der Waals surface area contributed by atoms with Crippen LogP contribution in [0.2, 0.25) is 0 Å². The fourth-order valence-corrected chi connectivity index (χ4v) is 5.49. The van der Waals surface area contributed by atoms with Gasteiger partial charge in [0.1, 0.15) is 0 Å². The van der Waals surface area contributed by atoms with Crippen molar-refractivity contribution in [2.45, 2.75) is 51.5 Å². The van der Waals surface area contributed by atoms with Crippen LogP contribution < -0.4 is 5.32 Å². The first-order valence-electron chi connectivity index (χ1n) is 7.96. The number of hydrogen-bond acceptors (Lipinski definition) is 2. The van der Waals surface area contributed by atoms with Gasteiger partial charge in [-0.1, -0.05) is 0 Å². The Hall–Kier alpha value is -1.32. The minimum Gasteiger partial charge on any atom is -0.350 e. The zero-order valence-electron chi connectivity index (χ0n) is 11.9. The summed E-state index contributed by atoms with van der Waals surface area (Å²) in [5.41, 5.74) is 1.32. The van der Waals surface area contributed by atoms with E-state index < -0.39 is 0 Å². The molecule has 20 heavy (non-hydrogen) atoms. The molecule has 4 fully saturated rings. The van der Waals surface area contributed by atoms with Crippen LogP contribution in [-0.2, 0) is 11.3 Å². The Bertz CT molecular complexity index is 459. The fraction of sp³-hybridized carbons (Fsp3) is 0.750. The van der Waals surface area contributed by atoms with E-state index in [1.54, 1.807) is 6.20 Å². The SMILES string of the molecule is O=C(CC12CC3CC(CC(C3)C1)C2)NCc1ccn[nH]1. The summed E-state index contributed by atoms with van der Waals surface area (Å²) in [7, 11) is 0. The largest absolute Gasteiger partial charge is 0.350 e. The highest BCUT2D eigenvalue weighted by atomic mass is 16.1. The molecule has 4 saturated carbocycles. The molecule has 0 atom stereocenters. The predicted molar refractivity (Wildman–Crippen MR) is 75.7 cm³/mol. The van der Waals surface area contributed by atoms with Crippen molar-refractivity contribution >= 4 is 5.91 Å². The van der Waals surface area contributed by atoms with Crippen LogP contribution in [0.4, 0.5) is 0 Å².